The third-order valence-corrected chi connectivity index (χ3v) is 6.73. The molecule has 2 N–H and O–H groups in total. The van der Waals surface area contributed by atoms with Gasteiger partial charge in [0.1, 0.15) is 6.10 Å². The van der Waals surface area contributed by atoms with E-state index in [-0.39, 0.29) is 35.2 Å². The molecule has 0 unspecified atom stereocenters. The monoisotopic (exact) mass is 360 g/mol. The maximum Gasteiger partial charge on any atom is 0.334 e. The third kappa shape index (κ3) is 2.31. The van der Waals surface area contributed by atoms with Crippen LogP contribution in [0.15, 0.2) is 36.0 Å². The number of esters is 1. The molecule has 0 radical (unpaired) electrons. The maximum atomic E-state index is 12.9. The summed E-state index contributed by atoms with van der Waals surface area (Å²) in [7, 11) is 0. The van der Waals surface area contributed by atoms with E-state index in [2.05, 4.69) is 6.58 Å². The molecule has 2 bridgehead atoms. The van der Waals surface area contributed by atoms with Crippen LogP contribution in [-0.2, 0) is 19.1 Å². The van der Waals surface area contributed by atoms with Crippen molar-refractivity contribution >= 4 is 17.7 Å². The van der Waals surface area contributed by atoms with Crippen LogP contribution in [0.1, 0.15) is 33.6 Å². The van der Waals surface area contributed by atoms with Gasteiger partial charge in [0, 0.05) is 23.0 Å². The van der Waals surface area contributed by atoms with Crippen molar-refractivity contribution in [1.82, 2.24) is 0 Å². The molecule has 0 aromatic heterocycles. The zero-order valence-electron chi connectivity index (χ0n) is 15.2. The largest absolute Gasteiger partial charge is 0.478 e. The Labute approximate surface area is 152 Å². The van der Waals surface area contributed by atoms with Crippen LogP contribution in [0.4, 0.5) is 0 Å². The Hall–Kier alpha value is -2.21. The van der Waals surface area contributed by atoms with Gasteiger partial charge in [-0.1, -0.05) is 25.7 Å². The lowest BCUT2D eigenvalue weighted by molar-refractivity contribution is -0.162. The summed E-state index contributed by atoms with van der Waals surface area (Å²) in [6.45, 7) is 8.87. The first-order chi connectivity index (χ1) is 12.0. The van der Waals surface area contributed by atoms with Gasteiger partial charge in [-0.25, -0.2) is 9.59 Å². The number of carbonyl (C=O) groups excluding carboxylic acids is 2. The second-order valence-electron chi connectivity index (χ2n) is 7.89. The molecular weight excluding hydrogens is 336 g/mol. The molecule has 26 heavy (non-hydrogen) atoms. The number of hydrogen-bond donors (Lipinski definition) is 2. The molecule has 0 spiro atoms. The molecule has 0 aromatic rings. The molecular formula is C20H24O6. The number of hydrogen-bond acceptors (Lipinski definition) is 5. The van der Waals surface area contributed by atoms with Gasteiger partial charge in [0.25, 0.3) is 0 Å². The Bertz CT molecular complexity index is 762. The number of ketones is 1. The van der Waals surface area contributed by atoms with Crippen molar-refractivity contribution in [3.05, 3.63) is 36.0 Å². The molecule has 140 valence electrons. The van der Waals surface area contributed by atoms with E-state index in [0.29, 0.717) is 6.42 Å². The first-order valence-electron chi connectivity index (χ1n) is 8.79. The van der Waals surface area contributed by atoms with Crippen molar-refractivity contribution in [1.29, 1.82) is 0 Å². The molecule has 2 fully saturated rings. The number of rotatable bonds is 3. The first kappa shape index (κ1) is 18.6. The van der Waals surface area contributed by atoms with E-state index in [1.54, 1.807) is 13.0 Å². The summed E-state index contributed by atoms with van der Waals surface area (Å²) in [5, 5.41) is 21.0. The van der Waals surface area contributed by atoms with Gasteiger partial charge in [-0.15, -0.1) is 0 Å². The summed E-state index contributed by atoms with van der Waals surface area (Å²) in [6.07, 6.45) is 4.58. The minimum absolute atomic E-state index is 0.0536. The number of carboxylic acid groups (broad SMARTS) is 1. The molecule has 3 rings (SSSR count). The van der Waals surface area contributed by atoms with E-state index >= 15 is 0 Å². The Morgan fingerprint density at radius 3 is 2.73 bits per heavy atom. The number of aliphatic hydroxyl groups is 1. The summed E-state index contributed by atoms with van der Waals surface area (Å²) in [5.74, 6) is -3.00. The van der Waals surface area contributed by atoms with Gasteiger partial charge in [-0.3, -0.25) is 4.79 Å². The van der Waals surface area contributed by atoms with Gasteiger partial charge in [-0.2, -0.15) is 0 Å². The topological polar surface area (TPSA) is 101 Å². The quantitative estimate of drug-likeness (QED) is 0.590. The van der Waals surface area contributed by atoms with Crippen molar-refractivity contribution in [2.45, 2.75) is 45.3 Å². The van der Waals surface area contributed by atoms with Crippen LogP contribution < -0.4 is 0 Å². The van der Waals surface area contributed by atoms with Gasteiger partial charge in [0.05, 0.1) is 11.0 Å². The summed E-state index contributed by atoms with van der Waals surface area (Å²) in [6, 6.07) is 0. The van der Waals surface area contributed by atoms with Gasteiger partial charge in [-0.05, 0) is 38.7 Å². The number of fused-ring (bicyclic) bond motifs is 3. The lowest BCUT2D eigenvalue weighted by Gasteiger charge is -2.48. The molecule has 0 aromatic carbocycles. The molecule has 1 saturated heterocycles. The zero-order valence-corrected chi connectivity index (χ0v) is 15.2. The molecule has 3 aliphatic rings. The molecule has 2 aliphatic carbocycles. The van der Waals surface area contributed by atoms with E-state index in [9.17, 15) is 19.5 Å². The first-order valence-corrected chi connectivity index (χ1v) is 8.79. The lowest BCUT2D eigenvalue weighted by Crippen LogP contribution is -2.57. The van der Waals surface area contributed by atoms with Crippen molar-refractivity contribution in [2.75, 3.05) is 0 Å². The van der Waals surface area contributed by atoms with E-state index in [1.807, 2.05) is 6.92 Å². The second-order valence-corrected chi connectivity index (χ2v) is 7.89. The minimum Gasteiger partial charge on any atom is -0.478 e. The molecule has 1 aliphatic heterocycles. The highest BCUT2D eigenvalue weighted by molar-refractivity contribution is 5.99. The Kier molecular flexibility index (Phi) is 4.22. The van der Waals surface area contributed by atoms with E-state index in [4.69, 9.17) is 9.84 Å². The molecule has 6 nitrogen and oxygen atoms in total. The van der Waals surface area contributed by atoms with Gasteiger partial charge in [0.15, 0.2) is 5.78 Å². The zero-order chi connectivity index (χ0) is 19.4. The Morgan fingerprint density at radius 2 is 2.12 bits per heavy atom. The fraction of sp³-hybridized carbons (Fsp3) is 0.550. The van der Waals surface area contributed by atoms with Crippen LogP contribution in [0.25, 0.3) is 0 Å². The third-order valence-electron chi connectivity index (χ3n) is 6.73. The van der Waals surface area contributed by atoms with Crippen LogP contribution in [0.2, 0.25) is 0 Å². The maximum absolute atomic E-state index is 12.9. The number of carboxylic acids is 1. The van der Waals surface area contributed by atoms with Gasteiger partial charge >= 0.3 is 11.9 Å². The van der Waals surface area contributed by atoms with Crippen molar-refractivity contribution < 1.29 is 29.3 Å². The van der Waals surface area contributed by atoms with Crippen LogP contribution in [0, 0.1) is 23.2 Å². The molecule has 6 atom stereocenters. The predicted molar refractivity (Wildman–Crippen MR) is 93.0 cm³/mol. The smallest absolute Gasteiger partial charge is 0.334 e. The van der Waals surface area contributed by atoms with E-state index in [1.165, 1.54) is 19.1 Å². The van der Waals surface area contributed by atoms with Crippen molar-refractivity contribution in [3.8, 4) is 0 Å². The molecule has 1 heterocycles. The summed E-state index contributed by atoms with van der Waals surface area (Å²) in [4.78, 5) is 36.3. The molecule has 6 heteroatoms. The summed E-state index contributed by atoms with van der Waals surface area (Å²) in [5.41, 5.74) is -2.60. The van der Waals surface area contributed by atoms with Crippen molar-refractivity contribution in [3.63, 3.8) is 0 Å². The Morgan fingerprint density at radius 1 is 1.46 bits per heavy atom. The SMILES string of the molecule is C=C1C(=O)O[C@H]2C[C@@H]1[C@@](O)(C/C=C(\C)C(=O)O)[C@]1(C)C(=O)C=C[C@H]1[C@@H]2C. The highest BCUT2D eigenvalue weighted by atomic mass is 16.5. The van der Waals surface area contributed by atoms with Crippen molar-refractivity contribution in [2.24, 2.45) is 23.2 Å². The van der Waals surface area contributed by atoms with Crippen LogP contribution in [-0.4, -0.2) is 39.6 Å². The molecule has 1 saturated carbocycles. The fourth-order valence-electron chi connectivity index (χ4n) is 4.85. The summed E-state index contributed by atoms with van der Waals surface area (Å²) >= 11 is 0. The normalized spacial score (nSPS) is 42.3. The number of ether oxygens (including phenoxy) is 1. The standard InChI is InChI=1S/C20H24O6/c1-10(17(22)23)7-8-20(25)14-9-15(26-18(24)12(14)3)11(2)13-5-6-16(21)19(13,20)4/h5-7,11,13-15,25H,3,8-9H2,1-2,4H3,(H,22,23)/b10-7+/t11-,13-,14-,15-,19-,20-/m0/s1. The number of allylic oxidation sites excluding steroid dienone is 2. The van der Waals surface area contributed by atoms with Crippen LogP contribution in [0.5, 0.6) is 0 Å². The van der Waals surface area contributed by atoms with Crippen LogP contribution >= 0.6 is 0 Å². The van der Waals surface area contributed by atoms with Gasteiger partial charge in [0.2, 0.25) is 0 Å². The second kappa shape index (κ2) is 5.91. The minimum atomic E-state index is -1.63. The number of aliphatic carboxylic acids is 1. The fourth-order valence-corrected chi connectivity index (χ4v) is 4.85. The van der Waals surface area contributed by atoms with Crippen LogP contribution in [0.3, 0.4) is 0 Å². The van der Waals surface area contributed by atoms with E-state index < -0.39 is 35.0 Å². The summed E-state index contributed by atoms with van der Waals surface area (Å²) < 4.78 is 5.50. The highest BCUT2D eigenvalue weighted by Crippen LogP contribution is 2.59. The average Bonchev–Trinajstić information content (AvgIpc) is 2.87. The lowest BCUT2D eigenvalue weighted by atomic mass is 9.58. The van der Waals surface area contributed by atoms with E-state index in [0.717, 1.165) is 0 Å². The average molecular weight is 360 g/mol. The predicted octanol–water partition coefficient (Wildman–Crippen LogP) is 2.04. The highest BCUT2D eigenvalue weighted by Gasteiger charge is 2.66. The van der Waals surface area contributed by atoms with Gasteiger partial charge < -0.3 is 14.9 Å². The molecule has 0 amide bonds. The number of carbonyl (C=O) groups is 3. The Balaban J connectivity index is 2.17.